The molecule has 2 rings (SSSR count). The number of anilines is 1. The standard InChI is InChI=1S/C12H16N4O2/c17-11(16-6-1-2-7-16)9-14-12(18)15-10-4-3-5-13-8-10/h3-5,8H,1-2,6-7,9H2,(H2,14,15,18). The molecule has 6 heteroatoms. The molecule has 1 aliphatic heterocycles. The molecule has 6 nitrogen and oxygen atoms in total. The van der Waals surface area contributed by atoms with Crippen LogP contribution >= 0.6 is 0 Å². The summed E-state index contributed by atoms with van der Waals surface area (Å²) in [6.45, 7) is 1.63. The average Bonchev–Trinajstić information content (AvgIpc) is 2.91. The first-order valence-corrected chi connectivity index (χ1v) is 5.98. The Balaban J connectivity index is 1.73. The summed E-state index contributed by atoms with van der Waals surface area (Å²) in [6, 6.07) is 3.07. The van der Waals surface area contributed by atoms with Crippen molar-refractivity contribution in [2.45, 2.75) is 12.8 Å². The smallest absolute Gasteiger partial charge is 0.319 e. The van der Waals surface area contributed by atoms with E-state index in [9.17, 15) is 9.59 Å². The maximum atomic E-state index is 11.7. The van der Waals surface area contributed by atoms with Crippen LogP contribution in [0.4, 0.5) is 10.5 Å². The number of hydrogen-bond acceptors (Lipinski definition) is 3. The molecular formula is C12H16N4O2. The molecule has 0 unspecified atom stereocenters. The molecule has 3 amide bonds. The summed E-state index contributed by atoms with van der Waals surface area (Å²) in [4.78, 5) is 28.8. The molecule has 96 valence electrons. The predicted molar refractivity (Wildman–Crippen MR) is 67.1 cm³/mol. The fourth-order valence-corrected chi connectivity index (χ4v) is 1.85. The van der Waals surface area contributed by atoms with Crippen molar-refractivity contribution in [1.82, 2.24) is 15.2 Å². The van der Waals surface area contributed by atoms with Crippen LogP contribution in [-0.4, -0.2) is 41.5 Å². The minimum absolute atomic E-state index is 0.0335. The molecule has 1 aromatic rings. The summed E-state index contributed by atoms with van der Waals surface area (Å²) in [5.41, 5.74) is 0.601. The Bertz CT molecular complexity index is 415. The summed E-state index contributed by atoms with van der Waals surface area (Å²) in [6.07, 6.45) is 5.27. The molecule has 0 bridgehead atoms. The number of pyridine rings is 1. The fourth-order valence-electron chi connectivity index (χ4n) is 1.85. The molecule has 0 aliphatic carbocycles. The number of carbonyl (C=O) groups is 2. The van der Waals surface area contributed by atoms with Crippen LogP contribution in [0.1, 0.15) is 12.8 Å². The van der Waals surface area contributed by atoms with Gasteiger partial charge in [0.1, 0.15) is 0 Å². The fraction of sp³-hybridized carbons (Fsp3) is 0.417. The van der Waals surface area contributed by atoms with E-state index in [1.54, 1.807) is 29.4 Å². The van der Waals surface area contributed by atoms with Crippen molar-refractivity contribution in [3.8, 4) is 0 Å². The van der Waals surface area contributed by atoms with E-state index in [-0.39, 0.29) is 12.5 Å². The third-order valence-corrected chi connectivity index (χ3v) is 2.78. The van der Waals surface area contributed by atoms with Crippen LogP contribution in [0, 0.1) is 0 Å². The second-order valence-electron chi connectivity index (χ2n) is 4.14. The first-order valence-electron chi connectivity index (χ1n) is 5.98. The molecule has 0 saturated carbocycles. The third-order valence-electron chi connectivity index (χ3n) is 2.78. The van der Waals surface area contributed by atoms with Gasteiger partial charge in [-0.2, -0.15) is 0 Å². The van der Waals surface area contributed by atoms with Crippen molar-refractivity contribution in [1.29, 1.82) is 0 Å². The SMILES string of the molecule is O=C(NCC(=O)N1CCCC1)Nc1cccnc1. The lowest BCUT2D eigenvalue weighted by Gasteiger charge is -2.15. The van der Waals surface area contributed by atoms with Crippen LogP contribution in [0.25, 0.3) is 0 Å². The van der Waals surface area contributed by atoms with Crippen LogP contribution in [0.15, 0.2) is 24.5 Å². The number of aromatic nitrogens is 1. The molecule has 0 spiro atoms. The van der Waals surface area contributed by atoms with Crippen LogP contribution in [0.2, 0.25) is 0 Å². The minimum atomic E-state index is -0.393. The van der Waals surface area contributed by atoms with E-state index in [4.69, 9.17) is 0 Å². The molecule has 1 aliphatic rings. The highest BCUT2D eigenvalue weighted by molar-refractivity contribution is 5.92. The van der Waals surface area contributed by atoms with Crippen molar-refractivity contribution in [2.24, 2.45) is 0 Å². The lowest BCUT2D eigenvalue weighted by atomic mass is 10.4. The molecule has 1 aromatic heterocycles. The van der Waals surface area contributed by atoms with Gasteiger partial charge in [-0.1, -0.05) is 0 Å². The van der Waals surface area contributed by atoms with Gasteiger partial charge in [0.05, 0.1) is 18.4 Å². The number of carbonyl (C=O) groups excluding carboxylic acids is 2. The molecule has 2 N–H and O–H groups in total. The van der Waals surface area contributed by atoms with Gasteiger partial charge in [0.15, 0.2) is 0 Å². The lowest BCUT2D eigenvalue weighted by molar-refractivity contribution is -0.128. The summed E-state index contributed by atoms with van der Waals surface area (Å²) in [5, 5.41) is 5.14. The molecule has 1 saturated heterocycles. The molecule has 0 atom stereocenters. The van der Waals surface area contributed by atoms with Crippen molar-refractivity contribution < 1.29 is 9.59 Å². The van der Waals surface area contributed by atoms with E-state index in [1.807, 2.05) is 0 Å². The number of hydrogen-bond donors (Lipinski definition) is 2. The van der Waals surface area contributed by atoms with Gasteiger partial charge in [0.2, 0.25) is 5.91 Å². The van der Waals surface area contributed by atoms with Crippen LogP contribution in [0.3, 0.4) is 0 Å². The number of nitrogens with one attached hydrogen (secondary N) is 2. The molecule has 18 heavy (non-hydrogen) atoms. The normalized spacial score (nSPS) is 14.3. The topological polar surface area (TPSA) is 74.3 Å². The first kappa shape index (κ1) is 12.3. The summed E-state index contributed by atoms with van der Waals surface area (Å²) >= 11 is 0. The van der Waals surface area contributed by atoms with Gasteiger partial charge in [-0.05, 0) is 25.0 Å². The van der Waals surface area contributed by atoms with Crippen molar-refractivity contribution in [3.63, 3.8) is 0 Å². The van der Waals surface area contributed by atoms with Gasteiger partial charge in [0, 0.05) is 19.3 Å². The van der Waals surface area contributed by atoms with E-state index in [1.165, 1.54) is 0 Å². The quantitative estimate of drug-likeness (QED) is 0.831. The van der Waals surface area contributed by atoms with E-state index in [2.05, 4.69) is 15.6 Å². The van der Waals surface area contributed by atoms with Crippen LogP contribution in [-0.2, 0) is 4.79 Å². The Labute approximate surface area is 105 Å². The largest absolute Gasteiger partial charge is 0.341 e. The number of urea groups is 1. The Hall–Kier alpha value is -2.11. The molecule has 1 fully saturated rings. The van der Waals surface area contributed by atoms with Gasteiger partial charge in [-0.15, -0.1) is 0 Å². The Morgan fingerprint density at radius 2 is 2.11 bits per heavy atom. The number of amides is 3. The van der Waals surface area contributed by atoms with Crippen molar-refractivity contribution >= 4 is 17.6 Å². The van der Waals surface area contributed by atoms with E-state index < -0.39 is 6.03 Å². The third kappa shape index (κ3) is 3.44. The van der Waals surface area contributed by atoms with Crippen LogP contribution in [0.5, 0.6) is 0 Å². The van der Waals surface area contributed by atoms with Gasteiger partial charge < -0.3 is 15.5 Å². The van der Waals surface area contributed by atoms with E-state index >= 15 is 0 Å². The minimum Gasteiger partial charge on any atom is -0.341 e. The predicted octanol–water partition coefficient (Wildman–Crippen LogP) is 0.825. The Morgan fingerprint density at radius 1 is 1.33 bits per heavy atom. The van der Waals surface area contributed by atoms with Crippen molar-refractivity contribution in [3.05, 3.63) is 24.5 Å². The van der Waals surface area contributed by atoms with Gasteiger partial charge in [-0.25, -0.2) is 4.79 Å². The zero-order valence-corrected chi connectivity index (χ0v) is 10.1. The zero-order valence-electron chi connectivity index (χ0n) is 10.1. The maximum Gasteiger partial charge on any atom is 0.319 e. The van der Waals surface area contributed by atoms with E-state index in [0.29, 0.717) is 5.69 Å². The van der Waals surface area contributed by atoms with Crippen LogP contribution < -0.4 is 10.6 Å². The summed E-state index contributed by atoms with van der Waals surface area (Å²) in [5.74, 6) is -0.0335. The van der Waals surface area contributed by atoms with Gasteiger partial charge in [-0.3, -0.25) is 9.78 Å². The molecule has 0 radical (unpaired) electrons. The highest BCUT2D eigenvalue weighted by atomic mass is 16.2. The molecule has 2 heterocycles. The Morgan fingerprint density at radius 3 is 2.78 bits per heavy atom. The number of nitrogens with zero attached hydrogens (tertiary/aromatic N) is 2. The first-order chi connectivity index (χ1) is 8.75. The second kappa shape index (κ2) is 6.00. The summed E-state index contributed by atoms with van der Waals surface area (Å²) < 4.78 is 0. The van der Waals surface area contributed by atoms with Crippen molar-refractivity contribution in [2.75, 3.05) is 25.0 Å². The summed E-state index contributed by atoms with van der Waals surface area (Å²) in [7, 11) is 0. The van der Waals surface area contributed by atoms with E-state index in [0.717, 1.165) is 25.9 Å². The Kier molecular flexibility index (Phi) is 4.11. The maximum absolute atomic E-state index is 11.7. The zero-order chi connectivity index (χ0) is 12.8. The highest BCUT2D eigenvalue weighted by Gasteiger charge is 2.17. The molecule has 0 aromatic carbocycles. The second-order valence-corrected chi connectivity index (χ2v) is 4.14. The average molecular weight is 248 g/mol. The lowest BCUT2D eigenvalue weighted by Crippen LogP contribution is -2.40. The number of likely N-dealkylation sites (tertiary alicyclic amines) is 1. The monoisotopic (exact) mass is 248 g/mol. The highest BCUT2D eigenvalue weighted by Crippen LogP contribution is 2.06. The van der Waals surface area contributed by atoms with Gasteiger partial charge in [0.25, 0.3) is 0 Å². The molecular weight excluding hydrogens is 232 g/mol. The number of rotatable bonds is 3. The van der Waals surface area contributed by atoms with Gasteiger partial charge >= 0.3 is 6.03 Å².